The topological polar surface area (TPSA) is 58.2 Å². The summed E-state index contributed by atoms with van der Waals surface area (Å²) in [5, 5.41) is 5.45. The van der Waals surface area contributed by atoms with Crippen molar-refractivity contribution in [3.8, 4) is 0 Å². The van der Waals surface area contributed by atoms with E-state index in [4.69, 9.17) is 0 Å². The molecule has 0 heterocycles. The SMILES string of the molecule is CCc1cccc(C)c1NC(=O)C1(C(=O)Nc2ccc(C(F)(F)F)cc2)CC1. The number of alkyl halides is 3. The molecule has 0 bridgehead atoms. The minimum atomic E-state index is -4.44. The number of aryl methyl sites for hydroxylation is 2. The van der Waals surface area contributed by atoms with Crippen LogP contribution in [0.3, 0.4) is 0 Å². The maximum Gasteiger partial charge on any atom is 0.416 e. The Hall–Kier alpha value is -2.83. The Balaban J connectivity index is 1.73. The Labute approximate surface area is 161 Å². The molecule has 28 heavy (non-hydrogen) atoms. The highest BCUT2D eigenvalue weighted by Gasteiger charge is 2.56. The van der Waals surface area contributed by atoms with Gasteiger partial charge >= 0.3 is 6.18 Å². The highest BCUT2D eigenvalue weighted by Crippen LogP contribution is 2.48. The van der Waals surface area contributed by atoms with Gasteiger partial charge in [0.05, 0.1) is 5.56 Å². The Morgan fingerprint density at radius 2 is 1.61 bits per heavy atom. The van der Waals surface area contributed by atoms with Crippen molar-refractivity contribution in [3.05, 3.63) is 59.2 Å². The number of carbonyl (C=O) groups is 2. The quantitative estimate of drug-likeness (QED) is 0.711. The van der Waals surface area contributed by atoms with Gasteiger partial charge in [-0.1, -0.05) is 25.1 Å². The number of hydrogen-bond acceptors (Lipinski definition) is 2. The predicted octanol–water partition coefficient (Wildman–Crippen LogP) is 4.93. The monoisotopic (exact) mass is 390 g/mol. The molecular weight excluding hydrogens is 369 g/mol. The van der Waals surface area contributed by atoms with Crippen LogP contribution in [-0.4, -0.2) is 11.8 Å². The standard InChI is InChI=1S/C21H21F3N2O2/c1-3-14-6-4-5-13(2)17(14)26-19(28)20(11-12-20)18(27)25-16-9-7-15(8-10-16)21(22,23)24/h4-10H,3,11-12H2,1-2H3,(H,25,27)(H,26,28). The number of nitrogens with one attached hydrogen (secondary N) is 2. The van der Waals surface area contributed by atoms with E-state index in [1.165, 1.54) is 12.1 Å². The van der Waals surface area contributed by atoms with Gasteiger partial charge in [-0.15, -0.1) is 0 Å². The second kappa shape index (κ2) is 7.30. The summed E-state index contributed by atoms with van der Waals surface area (Å²) in [6, 6.07) is 9.89. The lowest BCUT2D eigenvalue weighted by atomic mass is 10.0. The van der Waals surface area contributed by atoms with E-state index in [9.17, 15) is 22.8 Å². The van der Waals surface area contributed by atoms with Crippen LogP contribution in [0, 0.1) is 12.3 Å². The maximum atomic E-state index is 12.8. The summed E-state index contributed by atoms with van der Waals surface area (Å²) in [7, 11) is 0. The van der Waals surface area contributed by atoms with Crippen molar-refractivity contribution in [2.24, 2.45) is 5.41 Å². The van der Waals surface area contributed by atoms with E-state index in [0.717, 1.165) is 29.7 Å². The minimum absolute atomic E-state index is 0.224. The van der Waals surface area contributed by atoms with Crippen LogP contribution in [0.2, 0.25) is 0 Å². The first-order valence-electron chi connectivity index (χ1n) is 9.06. The molecule has 3 rings (SSSR count). The van der Waals surface area contributed by atoms with Gasteiger partial charge in [-0.2, -0.15) is 13.2 Å². The third kappa shape index (κ3) is 3.88. The van der Waals surface area contributed by atoms with E-state index in [1.807, 2.05) is 32.0 Å². The average molecular weight is 390 g/mol. The first kappa shape index (κ1) is 19.9. The molecule has 1 aliphatic rings. The largest absolute Gasteiger partial charge is 0.416 e. The zero-order valence-corrected chi connectivity index (χ0v) is 15.6. The fraction of sp³-hybridized carbons (Fsp3) is 0.333. The number of anilines is 2. The molecule has 0 saturated heterocycles. The highest BCUT2D eigenvalue weighted by molar-refractivity contribution is 6.17. The number of carbonyl (C=O) groups excluding carboxylic acids is 2. The third-order valence-corrected chi connectivity index (χ3v) is 5.07. The minimum Gasteiger partial charge on any atom is -0.325 e. The Morgan fingerprint density at radius 1 is 1.00 bits per heavy atom. The first-order chi connectivity index (χ1) is 13.2. The Bertz CT molecular complexity index is 901. The molecule has 0 aromatic heterocycles. The summed E-state index contributed by atoms with van der Waals surface area (Å²) in [5.41, 5.74) is 0.844. The van der Waals surface area contributed by atoms with Crippen molar-refractivity contribution < 1.29 is 22.8 Å². The second-order valence-corrected chi connectivity index (χ2v) is 7.03. The van der Waals surface area contributed by atoms with Crippen molar-refractivity contribution in [2.75, 3.05) is 10.6 Å². The number of hydrogen-bond donors (Lipinski definition) is 2. The molecule has 0 atom stereocenters. The molecular formula is C21H21F3N2O2. The first-order valence-corrected chi connectivity index (χ1v) is 9.06. The molecule has 2 amide bonds. The summed E-state index contributed by atoms with van der Waals surface area (Å²) in [5.74, 6) is -0.891. The predicted molar refractivity (Wildman–Crippen MR) is 101 cm³/mol. The second-order valence-electron chi connectivity index (χ2n) is 7.03. The van der Waals surface area contributed by atoms with Crippen LogP contribution >= 0.6 is 0 Å². The summed E-state index contributed by atoms with van der Waals surface area (Å²) in [4.78, 5) is 25.5. The van der Waals surface area contributed by atoms with Crippen LogP contribution in [0.15, 0.2) is 42.5 Å². The van der Waals surface area contributed by atoms with Gasteiger partial charge in [0.2, 0.25) is 11.8 Å². The molecule has 148 valence electrons. The number of para-hydroxylation sites is 1. The normalized spacial score (nSPS) is 15.0. The average Bonchev–Trinajstić information content (AvgIpc) is 3.45. The van der Waals surface area contributed by atoms with Crippen LogP contribution in [-0.2, 0) is 22.2 Å². The van der Waals surface area contributed by atoms with Crippen LogP contribution in [0.5, 0.6) is 0 Å². The van der Waals surface area contributed by atoms with E-state index in [2.05, 4.69) is 10.6 Å². The smallest absolute Gasteiger partial charge is 0.325 e. The zero-order valence-electron chi connectivity index (χ0n) is 15.6. The summed E-state index contributed by atoms with van der Waals surface area (Å²) in [6.07, 6.45) is -2.90. The maximum absolute atomic E-state index is 12.8. The van der Waals surface area contributed by atoms with Crippen LogP contribution < -0.4 is 10.6 Å². The van der Waals surface area contributed by atoms with Gasteiger partial charge in [0.15, 0.2) is 0 Å². The van der Waals surface area contributed by atoms with Crippen LogP contribution in [0.4, 0.5) is 24.5 Å². The summed E-state index contributed by atoms with van der Waals surface area (Å²) >= 11 is 0. The lowest BCUT2D eigenvalue weighted by Gasteiger charge is -2.18. The number of rotatable bonds is 5. The molecule has 2 aromatic carbocycles. The van der Waals surface area contributed by atoms with Crippen LogP contribution in [0.1, 0.15) is 36.5 Å². The number of amides is 2. The fourth-order valence-electron chi connectivity index (χ4n) is 3.11. The summed E-state index contributed by atoms with van der Waals surface area (Å²) in [6.45, 7) is 3.87. The number of benzene rings is 2. The molecule has 1 saturated carbocycles. The van der Waals surface area contributed by atoms with Crippen molar-refractivity contribution in [1.82, 2.24) is 0 Å². The molecule has 1 aliphatic carbocycles. The van der Waals surface area contributed by atoms with Crippen molar-refractivity contribution in [1.29, 1.82) is 0 Å². The van der Waals surface area contributed by atoms with Crippen molar-refractivity contribution in [3.63, 3.8) is 0 Å². The van der Waals surface area contributed by atoms with Gasteiger partial charge in [0.1, 0.15) is 5.41 Å². The number of halogens is 3. The van der Waals surface area contributed by atoms with E-state index in [0.29, 0.717) is 18.5 Å². The van der Waals surface area contributed by atoms with Gasteiger partial charge < -0.3 is 10.6 Å². The molecule has 0 aliphatic heterocycles. The van der Waals surface area contributed by atoms with Gasteiger partial charge in [-0.05, 0) is 61.6 Å². The zero-order chi connectivity index (χ0) is 20.5. The fourth-order valence-corrected chi connectivity index (χ4v) is 3.11. The molecule has 1 fully saturated rings. The molecule has 0 spiro atoms. The third-order valence-electron chi connectivity index (χ3n) is 5.07. The van der Waals surface area contributed by atoms with E-state index >= 15 is 0 Å². The highest BCUT2D eigenvalue weighted by atomic mass is 19.4. The van der Waals surface area contributed by atoms with Gasteiger partial charge in [0.25, 0.3) is 0 Å². The lowest BCUT2D eigenvalue weighted by Crippen LogP contribution is -2.36. The van der Waals surface area contributed by atoms with Crippen molar-refractivity contribution >= 4 is 23.2 Å². The van der Waals surface area contributed by atoms with E-state index < -0.39 is 23.1 Å². The Morgan fingerprint density at radius 3 is 2.14 bits per heavy atom. The molecule has 0 radical (unpaired) electrons. The molecule has 4 nitrogen and oxygen atoms in total. The van der Waals surface area contributed by atoms with Gasteiger partial charge in [-0.3, -0.25) is 9.59 Å². The van der Waals surface area contributed by atoms with Gasteiger partial charge in [0, 0.05) is 11.4 Å². The lowest BCUT2D eigenvalue weighted by molar-refractivity contribution is -0.137. The molecule has 2 N–H and O–H groups in total. The molecule has 7 heteroatoms. The van der Waals surface area contributed by atoms with E-state index in [-0.39, 0.29) is 11.6 Å². The Kier molecular flexibility index (Phi) is 5.19. The van der Waals surface area contributed by atoms with E-state index in [1.54, 1.807) is 0 Å². The molecule has 0 unspecified atom stereocenters. The van der Waals surface area contributed by atoms with Crippen LogP contribution in [0.25, 0.3) is 0 Å². The summed E-state index contributed by atoms with van der Waals surface area (Å²) < 4.78 is 37.9. The van der Waals surface area contributed by atoms with Gasteiger partial charge in [-0.25, -0.2) is 0 Å². The molecule has 2 aromatic rings. The van der Waals surface area contributed by atoms with Crippen molar-refractivity contribution in [2.45, 2.75) is 39.3 Å².